The monoisotopic (exact) mass is 245 g/mol. The second kappa shape index (κ2) is 4.83. The molecule has 0 spiro atoms. The zero-order valence-corrected chi connectivity index (χ0v) is 9.77. The number of aryl methyl sites for hydroxylation is 1. The highest BCUT2D eigenvalue weighted by Gasteiger charge is 2.11. The van der Waals surface area contributed by atoms with Crippen molar-refractivity contribution in [3.8, 4) is 0 Å². The molecule has 1 aromatic carbocycles. The maximum Gasteiger partial charge on any atom is 0.258 e. The smallest absolute Gasteiger partial charge is 0.258 e. The summed E-state index contributed by atoms with van der Waals surface area (Å²) >= 11 is 0. The minimum atomic E-state index is -0.545. The summed E-state index contributed by atoms with van der Waals surface area (Å²) < 4.78 is 13.6. The first kappa shape index (κ1) is 12.0. The van der Waals surface area contributed by atoms with Crippen LogP contribution in [0.25, 0.3) is 0 Å². The predicted octanol–water partition coefficient (Wildman–Crippen LogP) is 2.36. The summed E-state index contributed by atoms with van der Waals surface area (Å²) in [4.78, 5) is 15.7. The average molecular weight is 245 g/mol. The zero-order chi connectivity index (χ0) is 13.1. The Bertz CT molecular complexity index is 581. The lowest BCUT2D eigenvalue weighted by Gasteiger charge is -2.06. The van der Waals surface area contributed by atoms with Crippen LogP contribution in [0.15, 0.2) is 36.5 Å². The van der Waals surface area contributed by atoms with Crippen molar-refractivity contribution in [3.05, 3.63) is 53.5 Å². The minimum Gasteiger partial charge on any atom is -0.384 e. The number of hydrogen-bond acceptors (Lipinski definition) is 3. The van der Waals surface area contributed by atoms with E-state index >= 15 is 0 Å². The Balaban J connectivity index is 2.19. The maximum absolute atomic E-state index is 13.6. The number of carbonyl (C=O) groups is 1. The molecule has 0 saturated heterocycles. The molecular weight excluding hydrogens is 233 g/mol. The highest BCUT2D eigenvalue weighted by atomic mass is 19.1. The predicted molar refractivity (Wildman–Crippen MR) is 67.7 cm³/mol. The zero-order valence-electron chi connectivity index (χ0n) is 9.77. The van der Waals surface area contributed by atoms with Gasteiger partial charge in [-0.05, 0) is 36.8 Å². The van der Waals surface area contributed by atoms with Crippen molar-refractivity contribution in [1.82, 2.24) is 4.98 Å². The molecule has 0 aliphatic carbocycles. The fourth-order valence-electron chi connectivity index (χ4n) is 1.48. The van der Waals surface area contributed by atoms with Gasteiger partial charge < -0.3 is 11.1 Å². The van der Waals surface area contributed by atoms with Gasteiger partial charge in [0, 0.05) is 0 Å². The summed E-state index contributed by atoms with van der Waals surface area (Å²) in [5.74, 6) is -0.704. The number of nitrogens with one attached hydrogen (secondary N) is 1. The van der Waals surface area contributed by atoms with Crippen LogP contribution in [0.4, 0.5) is 15.9 Å². The van der Waals surface area contributed by atoms with Crippen LogP contribution in [0.5, 0.6) is 0 Å². The van der Waals surface area contributed by atoms with Crippen LogP contribution in [-0.4, -0.2) is 10.9 Å². The van der Waals surface area contributed by atoms with E-state index in [-0.39, 0.29) is 5.56 Å². The van der Waals surface area contributed by atoms with E-state index in [0.29, 0.717) is 11.5 Å². The van der Waals surface area contributed by atoms with Crippen molar-refractivity contribution in [2.24, 2.45) is 0 Å². The summed E-state index contributed by atoms with van der Waals surface area (Å²) in [5, 5.41) is 2.55. The summed E-state index contributed by atoms with van der Waals surface area (Å²) in [6.45, 7) is 1.76. The van der Waals surface area contributed by atoms with Gasteiger partial charge in [-0.2, -0.15) is 0 Å². The van der Waals surface area contributed by atoms with Crippen LogP contribution in [0.2, 0.25) is 0 Å². The summed E-state index contributed by atoms with van der Waals surface area (Å²) in [5.41, 5.74) is 6.65. The first-order valence-electron chi connectivity index (χ1n) is 5.35. The first-order valence-corrected chi connectivity index (χ1v) is 5.35. The molecule has 0 aliphatic rings. The van der Waals surface area contributed by atoms with Gasteiger partial charge in [-0.15, -0.1) is 0 Å². The van der Waals surface area contributed by atoms with Gasteiger partial charge in [0.15, 0.2) is 0 Å². The highest BCUT2D eigenvalue weighted by molar-refractivity contribution is 6.04. The number of halogens is 1. The van der Waals surface area contributed by atoms with E-state index in [0.717, 1.165) is 5.56 Å². The number of nitrogens with zero attached hydrogens (tertiary/aromatic N) is 1. The second-order valence-corrected chi connectivity index (χ2v) is 3.91. The van der Waals surface area contributed by atoms with E-state index < -0.39 is 11.7 Å². The van der Waals surface area contributed by atoms with Crippen LogP contribution in [0.1, 0.15) is 15.9 Å². The summed E-state index contributed by atoms with van der Waals surface area (Å²) in [7, 11) is 0. The Kier molecular flexibility index (Phi) is 3.23. The summed E-state index contributed by atoms with van der Waals surface area (Å²) in [6.07, 6.45) is 1.42. The highest BCUT2D eigenvalue weighted by Crippen LogP contribution is 2.13. The number of carbonyl (C=O) groups excluding carboxylic acids is 1. The number of aromatic nitrogens is 1. The Morgan fingerprint density at radius 1 is 1.33 bits per heavy atom. The van der Waals surface area contributed by atoms with Crippen molar-refractivity contribution in [2.75, 3.05) is 11.1 Å². The van der Waals surface area contributed by atoms with Gasteiger partial charge in [0.05, 0.1) is 17.4 Å². The normalized spacial score (nSPS) is 10.1. The van der Waals surface area contributed by atoms with Crippen LogP contribution < -0.4 is 11.1 Å². The molecule has 4 nitrogen and oxygen atoms in total. The number of benzene rings is 1. The van der Waals surface area contributed by atoms with E-state index in [4.69, 9.17) is 5.73 Å². The fraction of sp³-hybridized carbons (Fsp3) is 0.0769. The molecule has 2 rings (SSSR count). The molecular formula is C13H12FN3O. The van der Waals surface area contributed by atoms with Crippen molar-refractivity contribution < 1.29 is 9.18 Å². The topological polar surface area (TPSA) is 68.0 Å². The van der Waals surface area contributed by atoms with Gasteiger partial charge in [0.1, 0.15) is 11.6 Å². The van der Waals surface area contributed by atoms with Crippen molar-refractivity contribution in [2.45, 2.75) is 6.92 Å². The molecule has 0 unspecified atom stereocenters. The van der Waals surface area contributed by atoms with Crippen LogP contribution >= 0.6 is 0 Å². The quantitative estimate of drug-likeness (QED) is 0.853. The molecule has 0 atom stereocenters. The number of anilines is 2. The van der Waals surface area contributed by atoms with E-state index in [1.54, 1.807) is 25.1 Å². The van der Waals surface area contributed by atoms with Crippen LogP contribution in [-0.2, 0) is 0 Å². The molecule has 0 aliphatic heterocycles. The lowest BCUT2D eigenvalue weighted by molar-refractivity contribution is 0.102. The third-order valence-corrected chi connectivity index (χ3v) is 2.41. The molecule has 2 aromatic rings. The van der Waals surface area contributed by atoms with Crippen LogP contribution in [0, 0.1) is 12.7 Å². The first-order chi connectivity index (χ1) is 8.56. The van der Waals surface area contributed by atoms with Gasteiger partial charge in [0.25, 0.3) is 5.91 Å². The number of rotatable bonds is 2. The molecule has 5 heteroatoms. The Morgan fingerprint density at radius 2 is 2.11 bits per heavy atom. The Morgan fingerprint density at radius 3 is 2.72 bits per heavy atom. The average Bonchev–Trinajstić information content (AvgIpc) is 2.32. The number of amides is 1. The Labute approximate surface area is 104 Å². The molecule has 0 saturated carbocycles. The number of hydrogen-bond donors (Lipinski definition) is 2. The SMILES string of the molecule is Cc1ccc(C(=O)Nc2ccc(N)nc2)c(F)c1. The molecule has 3 N–H and O–H groups in total. The van der Waals surface area contributed by atoms with Gasteiger partial charge in [-0.1, -0.05) is 6.07 Å². The lowest BCUT2D eigenvalue weighted by Crippen LogP contribution is -2.14. The molecule has 1 amide bonds. The fourth-order valence-corrected chi connectivity index (χ4v) is 1.48. The van der Waals surface area contributed by atoms with Crippen molar-refractivity contribution in [1.29, 1.82) is 0 Å². The molecule has 0 fully saturated rings. The van der Waals surface area contributed by atoms with Gasteiger partial charge in [-0.25, -0.2) is 9.37 Å². The largest absolute Gasteiger partial charge is 0.384 e. The second-order valence-electron chi connectivity index (χ2n) is 3.91. The van der Waals surface area contributed by atoms with E-state index in [9.17, 15) is 9.18 Å². The van der Waals surface area contributed by atoms with E-state index in [1.807, 2.05) is 0 Å². The number of nitrogen functional groups attached to an aromatic ring is 1. The van der Waals surface area contributed by atoms with Gasteiger partial charge >= 0.3 is 0 Å². The molecule has 0 bridgehead atoms. The summed E-state index contributed by atoms with van der Waals surface area (Å²) in [6, 6.07) is 7.60. The number of nitrogens with two attached hydrogens (primary N) is 1. The molecule has 92 valence electrons. The van der Waals surface area contributed by atoms with Crippen LogP contribution in [0.3, 0.4) is 0 Å². The molecule has 0 radical (unpaired) electrons. The van der Waals surface area contributed by atoms with Crippen molar-refractivity contribution in [3.63, 3.8) is 0 Å². The van der Waals surface area contributed by atoms with Gasteiger partial charge in [0.2, 0.25) is 0 Å². The number of pyridine rings is 1. The third-order valence-electron chi connectivity index (χ3n) is 2.41. The standard InChI is InChI=1S/C13H12FN3O/c1-8-2-4-10(11(14)6-8)13(18)17-9-3-5-12(15)16-7-9/h2-7H,1H3,(H2,15,16)(H,17,18). The van der Waals surface area contributed by atoms with Crippen molar-refractivity contribution >= 4 is 17.4 Å². The lowest BCUT2D eigenvalue weighted by atomic mass is 10.1. The molecule has 18 heavy (non-hydrogen) atoms. The Hall–Kier alpha value is -2.43. The third kappa shape index (κ3) is 2.63. The minimum absolute atomic E-state index is 0.00238. The van der Waals surface area contributed by atoms with Gasteiger partial charge in [-0.3, -0.25) is 4.79 Å². The van der Waals surface area contributed by atoms with E-state index in [1.165, 1.54) is 18.3 Å². The maximum atomic E-state index is 13.6. The van der Waals surface area contributed by atoms with E-state index in [2.05, 4.69) is 10.3 Å². The molecule has 1 aromatic heterocycles. The molecule has 1 heterocycles.